The van der Waals surface area contributed by atoms with E-state index < -0.39 is 0 Å². The van der Waals surface area contributed by atoms with Gasteiger partial charge < -0.3 is 0 Å². The van der Waals surface area contributed by atoms with Crippen LogP contribution in [0.1, 0.15) is 84.0 Å². The summed E-state index contributed by atoms with van der Waals surface area (Å²) in [5, 5.41) is 0. The number of hydrogen-bond donors (Lipinski definition) is 2. The van der Waals surface area contributed by atoms with Gasteiger partial charge in [-0.05, 0) is 6.42 Å². The SMILES string of the molecule is CCCCCCCCCCCCCCNS. The molecule has 0 saturated heterocycles. The van der Waals surface area contributed by atoms with E-state index in [2.05, 4.69) is 24.5 Å². The van der Waals surface area contributed by atoms with Crippen LogP contribution < -0.4 is 4.72 Å². The van der Waals surface area contributed by atoms with E-state index in [0.29, 0.717) is 0 Å². The second-order valence-electron chi connectivity index (χ2n) is 4.80. The van der Waals surface area contributed by atoms with Gasteiger partial charge in [0.2, 0.25) is 0 Å². The summed E-state index contributed by atoms with van der Waals surface area (Å²) >= 11 is 3.98. The van der Waals surface area contributed by atoms with Crippen LogP contribution in [-0.4, -0.2) is 6.54 Å². The first-order valence-electron chi connectivity index (χ1n) is 7.28. The van der Waals surface area contributed by atoms with Gasteiger partial charge in [0.15, 0.2) is 0 Å². The van der Waals surface area contributed by atoms with Gasteiger partial charge in [-0.2, -0.15) is 0 Å². The lowest BCUT2D eigenvalue weighted by molar-refractivity contribution is 0.544. The number of thiol groups is 1. The highest BCUT2D eigenvalue weighted by molar-refractivity contribution is 7.78. The average Bonchev–Trinajstić information content (AvgIpc) is 2.31. The third kappa shape index (κ3) is 14.3. The van der Waals surface area contributed by atoms with Gasteiger partial charge in [0.1, 0.15) is 0 Å². The molecule has 0 spiro atoms. The minimum atomic E-state index is 1.06. The quantitative estimate of drug-likeness (QED) is 0.339. The molecule has 0 aliphatic heterocycles. The highest BCUT2D eigenvalue weighted by atomic mass is 32.1. The molecule has 0 aliphatic carbocycles. The maximum Gasteiger partial charge on any atom is 0.00561 e. The molecular formula is C14H31NS. The third-order valence-corrected chi connectivity index (χ3v) is 3.37. The maximum absolute atomic E-state index is 3.98. The zero-order valence-corrected chi connectivity index (χ0v) is 12.0. The van der Waals surface area contributed by atoms with Crippen molar-refractivity contribution in [3.63, 3.8) is 0 Å². The van der Waals surface area contributed by atoms with E-state index in [1.54, 1.807) is 0 Å². The van der Waals surface area contributed by atoms with Crippen molar-refractivity contribution in [2.24, 2.45) is 0 Å². The minimum Gasteiger partial charge on any atom is -0.267 e. The zero-order chi connectivity index (χ0) is 11.9. The molecule has 0 radical (unpaired) electrons. The van der Waals surface area contributed by atoms with Gasteiger partial charge in [0.25, 0.3) is 0 Å². The van der Waals surface area contributed by atoms with Gasteiger partial charge in [0, 0.05) is 6.54 Å². The van der Waals surface area contributed by atoms with E-state index in [4.69, 9.17) is 0 Å². The van der Waals surface area contributed by atoms with Crippen LogP contribution >= 0.6 is 12.8 Å². The van der Waals surface area contributed by atoms with Crippen molar-refractivity contribution in [2.75, 3.05) is 6.54 Å². The van der Waals surface area contributed by atoms with Gasteiger partial charge in [-0.3, -0.25) is 4.72 Å². The van der Waals surface area contributed by atoms with Crippen LogP contribution in [-0.2, 0) is 0 Å². The molecule has 1 N–H and O–H groups in total. The Labute approximate surface area is 108 Å². The average molecular weight is 245 g/mol. The lowest BCUT2D eigenvalue weighted by Crippen LogP contribution is -1.99. The molecule has 0 heterocycles. The van der Waals surface area contributed by atoms with E-state index in [1.807, 2.05) is 0 Å². The Hall–Kier alpha value is 0.310. The Balaban J connectivity index is 2.83. The van der Waals surface area contributed by atoms with Crippen molar-refractivity contribution in [3.05, 3.63) is 0 Å². The zero-order valence-electron chi connectivity index (χ0n) is 11.1. The molecule has 98 valence electrons. The molecular weight excluding hydrogens is 214 g/mol. The molecule has 0 unspecified atom stereocenters. The Bertz CT molecular complexity index is 103. The Kier molecular flexibility index (Phi) is 15.6. The van der Waals surface area contributed by atoms with Crippen LogP contribution in [0.25, 0.3) is 0 Å². The van der Waals surface area contributed by atoms with Gasteiger partial charge in [0.05, 0.1) is 0 Å². The molecule has 0 aromatic carbocycles. The van der Waals surface area contributed by atoms with E-state index in [0.717, 1.165) is 6.54 Å². The van der Waals surface area contributed by atoms with E-state index in [-0.39, 0.29) is 0 Å². The van der Waals surface area contributed by atoms with Gasteiger partial charge in [-0.15, -0.1) is 0 Å². The molecule has 0 atom stereocenters. The fourth-order valence-corrected chi connectivity index (χ4v) is 2.20. The van der Waals surface area contributed by atoms with Crippen LogP contribution in [0.5, 0.6) is 0 Å². The smallest absolute Gasteiger partial charge is 0.00561 e. The Morgan fingerprint density at radius 1 is 0.625 bits per heavy atom. The summed E-state index contributed by atoms with van der Waals surface area (Å²) in [6.45, 7) is 3.34. The first kappa shape index (κ1) is 16.3. The summed E-state index contributed by atoms with van der Waals surface area (Å²) in [6.07, 6.45) is 17.0. The highest BCUT2D eigenvalue weighted by Gasteiger charge is 1.92. The second-order valence-corrected chi connectivity index (χ2v) is 5.11. The van der Waals surface area contributed by atoms with Crippen LogP contribution in [0.2, 0.25) is 0 Å². The van der Waals surface area contributed by atoms with Gasteiger partial charge in [-0.1, -0.05) is 90.4 Å². The summed E-state index contributed by atoms with van der Waals surface area (Å²) in [4.78, 5) is 0. The monoisotopic (exact) mass is 245 g/mol. The predicted octanol–water partition coefficient (Wildman–Crippen LogP) is 5.12. The van der Waals surface area contributed by atoms with Crippen molar-refractivity contribution < 1.29 is 0 Å². The van der Waals surface area contributed by atoms with Crippen molar-refractivity contribution in [1.29, 1.82) is 0 Å². The first-order chi connectivity index (χ1) is 7.91. The fraction of sp³-hybridized carbons (Fsp3) is 1.00. The summed E-state index contributed by atoms with van der Waals surface area (Å²) in [5.41, 5.74) is 0. The molecule has 0 bridgehead atoms. The van der Waals surface area contributed by atoms with E-state index in [9.17, 15) is 0 Å². The molecule has 0 aromatic heterocycles. The molecule has 0 aromatic rings. The Morgan fingerprint density at radius 3 is 1.38 bits per heavy atom. The predicted molar refractivity (Wildman–Crippen MR) is 78.1 cm³/mol. The van der Waals surface area contributed by atoms with Crippen molar-refractivity contribution in [1.82, 2.24) is 4.72 Å². The molecule has 0 rings (SSSR count). The summed E-state index contributed by atoms with van der Waals surface area (Å²) in [7, 11) is 0. The number of rotatable bonds is 13. The van der Waals surface area contributed by atoms with Crippen molar-refractivity contribution in [3.8, 4) is 0 Å². The number of nitrogens with one attached hydrogen (secondary N) is 1. The normalized spacial score (nSPS) is 10.9. The molecule has 0 aliphatic rings. The summed E-state index contributed by atoms with van der Waals surface area (Å²) in [6, 6.07) is 0. The van der Waals surface area contributed by atoms with Crippen LogP contribution in [0.15, 0.2) is 0 Å². The summed E-state index contributed by atoms with van der Waals surface area (Å²) < 4.78 is 2.90. The van der Waals surface area contributed by atoms with Crippen LogP contribution in [0, 0.1) is 0 Å². The molecule has 2 heteroatoms. The van der Waals surface area contributed by atoms with E-state index >= 15 is 0 Å². The number of unbranched alkanes of at least 4 members (excludes halogenated alkanes) is 11. The molecule has 0 amide bonds. The molecule has 16 heavy (non-hydrogen) atoms. The topological polar surface area (TPSA) is 12.0 Å². The standard InChI is InChI=1S/C14H31NS/c1-2-3-4-5-6-7-8-9-10-11-12-13-14-15-16/h15-16H,2-14H2,1H3. The lowest BCUT2D eigenvalue weighted by atomic mass is 10.1. The lowest BCUT2D eigenvalue weighted by Gasteiger charge is -2.02. The molecule has 0 fully saturated rings. The summed E-state index contributed by atoms with van der Waals surface area (Å²) in [5.74, 6) is 0. The molecule has 0 saturated carbocycles. The highest BCUT2D eigenvalue weighted by Crippen LogP contribution is 2.11. The van der Waals surface area contributed by atoms with Crippen LogP contribution in [0.4, 0.5) is 0 Å². The van der Waals surface area contributed by atoms with Crippen molar-refractivity contribution in [2.45, 2.75) is 84.0 Å². The van der Waals surface area contributed by atoms with E-state index in [1.165, 1.54) is 77.0 Å². The minimum absolute atomic E-state index is 1.06. The fourth-order valence-electron chi connectivity index (χ4n) is 2.05. The first-order valence-corrected chi connectivity index (χ1v) is 7.73. The van der Waals surface area contributed by atoms with Crippen molar-refractivity contribution >= 4 is 12.8 Å². The Morgan fingerprint density at radius 2 is 1.00 bits per heavy atom. The third-order valence-electron chi connectivity index (χ3n) is 3.14. The van der Waals surface area contributed by atoms with Gasteiger partial charge >= 0.3 is 0 Å². The van der Waals surface area contributed by atoms with Crippen LogP contribution in [0.3, 0.4) is 0 Å². The molecule has 1 nitrogen and oxygen atoms in total. The maximum atomic E-state index is 3.98. The second kappa shape index (κ2) is 15.3. The largest absolute Gasteiger partial charge is 0.267 e. The number of hydrogen-bond acceptors (Lipinski definition) is 2. The van der Waals surface area contributed by atoms with Gasteiger partial charge in [-0.25, -0.2) is 0 Å².